The Morgan fingerprint density at radius 3 is 2.48 bits per heavy atom. The van der Waals surface area contributed by atoms with Gasteiger partial charge in [0.2, 0.25) is 0 Å². The largest absolute Gasteiger partial charge is 0.507 e. The van der Waals surface area contributed by atoms with E-state index in [1.807, 2.05) is 0 Å². The van der Waals surface area contributed by atoms with Gasteiger partial charge in [0.25, 0.3) is 5.78 Å². The number of aryl methyl sites for hydroxylation is 1. The van der Waals surface area contributed by atoms with Crippen molar-refractivity contribution in [2.45, 2.75) is 13.0 Å². The molecule has 3 aromatic rings. The van der Waals surface area contributed by atoms with Crippen molar-refractivity contribution >= 4 is 34.9 Å². The van der Waals surface area contributed by atoms with Crippen LogP contribution in [0.1, 0.15) is 22.9 Å². The summed E-state index contributed by atoms with van der Waals surface area (Å²) >= 11 is 6.16. The number of aromatic nitrogens is 1. The van der Waals surface area contributed by atoms with Crippen molar-refractivity contribution < 1.29 is 28.3 Å². The molecule has 1 fully saturated rings. The number of methoxy groups -OCH3 is 1. The molecule has 1 aromatic heterocycles. The molecule has 1 N–H and O–H groups in total. The molecule has 0 aliphatic carbocycles. The molecule has 9 heteroatoms. The first-order chi connectivity index (χ1) is 14.8. The van der Waals surface area contributed by atoms with Crippen molar-refractivity contribution in [3.8, 4) is 5.75 Å². The lowest BCUT2D eigenvalue weighted by Gasteiger charge is -2.22. The molecule has 0 unspecified atom stereocenters. The summed E-state index contributed by atoms with van der Waals surface area (Å²) in [6, 6.07) is 10.2. The first-order valence-corrected chi connectivity index (χ1v) is 9.53. The number of amides is 1. The fourth-order valence-electron chi connectivity index (χ4n) is 3.47. The lowest BCUT2D eigenvalue weighted by Crippen LogP contribution is -2.29. The molecule has 7 nitrogen and oxygen atoms in total. The Labute approximate surface area is 181 Å². The topological polar surface area (TPSA) is 92.9 Å². The minimum atomic E-state index is -1.05. The molecule has 1 aliphatic rings. The second-order valence-electron chi connectivity index (χ2n) is 6.87. The quantitative estimate of drug-likeness (QED) is 0.365. The molecule has 0 bridgehead atoms. The number of ketones is 1. The summed E-state index contributed by atoms with van der Waals surface area (Å²) in [5.41, 5.74) is 0.438. The first kappa shape index (κ1) is 20.6. The van der Waals surface area contributed by atoms with Crippen molar-refractivity contribution in [2.24, 2.45) is 0 Å². The molecular formula is C22H16ClFN2O5. The van der Waals surface area contributed by atoms with Gasteiger partial charge < -0.3 is 14.4 Å². The summed E-state index contributed by atoms with van der Waals surface area (Å²) in [6.45, 7) is 1.64. The Bertz CT molecular complexity index is 1220. The number of aliphatic hydroxyl groups is 1. The zero-order valence-electron chi connectivity index (χ0n) is 16.4. The van der Waals surface area contributed by atoms with E-state index < -0.39 is 29.3 Å². The average molecular weight is 443 g/mol. The van der Waals surface area contributed by atoms with E-state index in [9.17, 15) is 19.1 Å². The van der Waals surface area contributed by atoms with Crippen LogP contribution in [0.3, 0.4) is 0 Å². The normalized spacial score (nSPS) is 17.9. The maximum Gasteiger partial charge on any atom is 0.301 e. The third-order valence-corrected chi connectivity index (χ3v) is 5.21. The molecule has 4 rings (SSSR count). The van der Waals surface area contributed by atoms with Crippen molar-refractivity contribution in [2.75, 3.05) is 12.0 Å². The highest BCUT2D eigenvalue weighted by Gasteiger charge is 2.48. The Kier molecular flexibility index (Phi) is 5.24. The van der Waals surface area contributed by atoms with Gasteiger partial charge in [-0.25, -0.2) is 4.39 Å². The molecule has 0 radical (unpaired) electrons. The number of benzene rings is 2. The van der Waals surface area contributed by atoms with E-state index in [2.05, 4.69) is 5.16 Å². The molecule has 1 amide bonds. The molecule has 1 saturated heterocycles. The maximum atomic E-state index is 13.5. The maximum absolute atomic E-state index is 13.5. The number of aliphatic hydroxyl groups excluding tert-OH is 1. The monoisotopic (exact) mass is 442 g/mol. The minimum Gasteiger partial charge on any atom is -0.507 e. The molecule has 0 spiro atoms. The van der Waals surface area contributed by atoms with Crippen LogP contribution in [0.5, 0.6) is 5.75 Å². The van der Waals surface area contributed by atoms with E-state index in [-0.39, 0.29) is 22.0 Å². The number of carbonyl (C=O) groups is 2. The van der Waals surface area contributed by atoms with Crippen molar-refractivity contribution in [1.29, 1.82) is 0 Å². The third-order valence-electron chi connectivity index (χ3n) is 4.92. The van der Waals surface area contributed by atoms with Gasteiger partial charge in [0.15, 0.2) is 5.82 Å². The number of carbonyl (C=O) groups excluding carboxylic acids is 2. The van der Waals surface area contributed by atoms with Gasteiger partial charge in [-0.3, -0.25) is 14.5 Å². The summed E-state index contributed by atoms with van der Waals surface area (Å²) < 4.78 is 23.7. The van der Waals surface area contributed by atoms with Crippen LogP contribution in [0.4, 0.5) is 10.2 Å². The van der Waals surface area contributed by atoms with E-state index in [0.29, 0.717) is 17.1 Å². The van der Waals surface area contributed by atoms with Gasteiger partial charge in [0, 0.05) is 11.6 Å². The number of halogens is 2. The standard InChI is InChI=1S/C22H16ClFN2O5/c1-11-9-17(25-31-11)26-19(12-3-6-14(24)7-4-12)18(21(28)22(26)29)20(27)13-5-8-16(30-2)15(23)10-13/h3-10,19,27H,1-2H3/t19-/m1/s1. The van der Waals surface area contributed by atoms with Crippen LogP contribution in [-0.4, -0.2) is 29.1 Å². The fraction of sp³-hybridized carbons (Fsp3) is 0.136. The summed E-state index contributed by atoms with van der Waals surface area (Å²) in [7, 11) is 1.45. The summed E-state index contributed by atoms with van der Waals surface area (Å²) in [6.07, 6.45) is 0. The molecule has 2 heterocycles. The zero-order valence-corrected chi connectivity index (χ0v) is 17.2. The van der Waals surface area contributed by atoms with Crippen LogP contribution in [0.15, 0.2) is 58.6 Å². The van der Waals surface area contributed by atoms with Gasteiger partial charge in [-0.1, -0.05) is 28.9 Å². The highest BCUT2D eigenvalue weighted by atomic mass is 35.5. The SMILES string of the molecule is COc1ccc(C(O)=C2C(=O)C(=O)N(c3cc(C)on3)[C@@H]2c2ccc(F)cc2)cc1Cl. The summed E-state index contributed by atoms with van der Waals surface area (Å²) in [5.74, 6) is -1.83. The number of hydrogen-bond donors (Lipinski definition) is 1. The number of rotatable bonds is 4. The van der Waals surface area contributed by atoms with E-state index >= 15 is 0 Å². The second kappa shape index (κ2) is 7.88. The minimum absolute atomic E-state index is 0.0979. The van der Waals surface area contributed by atoms with Gasteiger partial charge in [-0.2, -0.15) is 0 Å². The van der Waals surface area contributed by atoms with Gasteiger partial charge in [-0.05, 0) is 42.8 Å². The Morgan fingerprint density at radius 2 is 1.90 bits per heavy atom. The zero-order chi connectivity index (χ0) is 22.3. The van der Waals surface area contributed by atoms with Gasteiger partial charge >= 0.3 is 5.91 Å². The van der Waals surface area contributed by atoms with Crippen molar-refractivity contribution in [3.63, 3.8) is 0 Å². The molecule has 1 aliphatic heterocycles. The average Bonchev–Trinajstić information content (AvgIpc) is 3.29. The van der Waals surface area contributed by atoms with Gasteiger partial charge in [0.05, 0.1) is 23.7 Å². The molecule has 2 aromatic carbocycles. The number of Topliss-reactive ketones (excluding diaryl/α,β-unsaturated/α-hetero) is 1. The van der Waals surface area contributed by atoms with Crippen LogP contribution < -0.4 is 9.64 Å². The Balaban J connectivity index is 1.93. The van der Waals surface area contributed by atoms with Gasteiger partial charge in [0.1, 0.15) is 23.1 Å². The fourth-order valence-corrected chi connectivity index (χ4v) is 3.72. The van der Waals surface area contributed by atoms with Crippen LogP contribution in [-0.2, 0) is 9.59 Å². The van der Waals surface area contributed by atoms with Crippen molar-refractivity contribution in [1.82, 2.24) is 5.16 Å². The molecule has 1 atom stereocenters. The van der Waals surface area contributed by atoms with Crippen LogP contribution in [0, 0.1) is 12.7 Å². The van der Waals surface area contributed by atoms with E-state index in [0.717, 1.165) is 4.90 Å². The summed E-state index contributed by atoms with van der Waals surface area (Å²) in [5, 5.41) is 15.1. The summed E-state index contributed by atoms with van der Waals surface area (Å²) in [4.78, 5) is 27.0. The number of nitrogens with zero attached hydrogens (tertiary/aromatic N) is 2. The number of anilines is 1. The number of hydrogen-bond acceptors (Lipinski definition) is 6. The van der Waals surface area contributed by atoms with Gasteiger partial charge in [-0.15, -0.1) is 0 Å². The van der Waals surface area contributed by atoms with Crippen LogP contribution in [0.2, 0.25) is 5.02 Å². The van der Waals surface area contributed by atoms with Crippen LogP contribution in [0.25, 0.3) is 5.76 Å². The van der Waals surface area contributed by atoms with Crippen LogP contribution >= 0.6 is 11.6 Å². The smallest absolute Gasteiger partial charge is 0.301 e. The van der Waals surface area contributed by atoms with Crippen molar-refractivity contribution in [3.05, 3.63) is 81.8 Å². The van der Waals surface area contributed by atoms with E-state index in [1.165, 1.54) is 55.6 Å². The second-order valence-corrected chi connectivity index (χ2v) is 7.27. The van der Waals surface area contributed by atoms with E-state index in [4.69, 9.17) is 20.9 Å². The predicted molar refractivity (Wildman–Crippen MR) is 110 cm³/mol. The van der Waals surface area contributed by atoms with E-state index in [1.54, 1.807) is 6.92 Å². The first-order valence-electron chi connectivity index (χ1n) is 9.15. The number of ether oxygens (including phenoxy) is 1. The molecule has 0 saturated carbocycles. The molecular weight excluding hydrogens is 427 g/mol. The lowest BCUT2D eigenvalue weighted by atomic mass is 9.95. The lowest BCUT2D eigenvalue weighted by molar-refractivity contribution is -0.132. The predicted octanol–water partition coefficient (Wildman–Crippen LogP) is 4.41. The Morgan fingerprint density at radius 1 is 1.19 bits per heavy atom. The molecule has 31 heavy (non-hydrogen) atoms. The highest BCUT2D eigenvalue weighted by molar-refractivity contribution is 6.51. The molecule has 158 valence electrons. The Hall–Kier alpha value is -3.65. The third kappa shape index (κ3) is 3.55. The highest BCUT2D eigenvalue weighted by Crippen LogP contribution is 2.42.